The minimum atomic E-state index is -1.49. The van der Waals surface area contributed by atoms with Crippen LogP contribution in [0.25, 0.3) is 0 Å². The van der Waals surface area contributed by atoms with Crippen molar-refractivity contribution in [2.75, 3.05) is 0 Å². The molecule has 0 bridgehead atoms. The van der Waals surface area contributed by atoms with E-state index in [1.807, 2.05) is 22.6 Å². The fourth-order valence-corrected chi connectivity index (χ4v) is 2.34. The maximum absolute atomic E-state index is 13.6. The number of hydrogen-bond donors (Lipinski definition) is 0. The molecule has 0 N–H and O–H groups in total. The molecule has 1 rings (SSSR count). The normalized spacial score (nSPS) is 14.7. The number of rotatable bonds is 2. The van der Waals surface area contributed by atoms with Gasteiger partial charge in [-0.15, -0.1) is 0 Å². The van der Waals surface area contributed by atoms with E-state index < -0.39 is 27.4 Å². The maximum atomic E-state index is 13.6. The number of halogens is 3. The van der Waals surface area contributed by atoms with E-state index in [0.29, 0.717) is 3.57 Å². The number of hydrogen-bond acceptors (Lipinski definition) is 1. The predicted octanol–water partition coefficient (Wildman–Crippen LogP) is 3.84. The Morgan fingerprint density at radius 3 is 2.39 bits per heavy atom. The third-order valence-corrected chi connectivity index (χ3v) is 4.24. The minimum absolute atomic E-state index is 0.0528. The van der Waals surface area contributed by atoms with Gasteiger partial charge in [-0.25, -0.2) is 13.0 Å². The second-order valence-electron chi connectivity index (χ2n) is 4.79. The Morgan fingerprint density at radius 1 is 1.33 bits per heavy atom. The first kappa shape index (κ1) is 15.7. The molecule has 0 radical (unpaired) electrons. The van der Waals surface area contributed by atoms with Crippen molar-refractivity contribution in [1.29, 1.82) is 0 Å². The Morgan fingerprint density at radius 2 is 1.89 bits per heavy atom. The second-order valence-corrected chi connectivity index (χ2v) is 7.94. The van der Waals surface area contributed by atoms with Gasteiger partial charge in [0.15, 0.2) is 11.6 Å². The van der Waals surface area contributed by atoms with Gasteiger partial charge >= 0.3 is 0 Å². The van der Waals surface area contributed by atoms with Gasteiger partial charge in [0.25, 0.3) is 0 Å². The van der Waals surface area contributed by atoms with Crippen molar-refractivity contribution >= 4 is 39.3 Å². The van der Waals surface area contributed by atoms with Crippen LogP contribution in [0.5, 0.6) is 0 Å². The lowest BCUT2D eigenvalue weighted by Gasteiger charge is -2.14. The molecule has 6 heteroatoms. The molecule has 0 aliphatic heterocycles. The summed E-state index contributed by atoms with van der Waals surface area (Å²) in [5.41, 5.74) is 0.287. The SMILES string of the molecule is C/C(=N\[S@](=O)C(C)(C)C)c1cc(I)cc(F)c1F. The molecule has 0 aliphatic carbocycles. The van der Waals surface area contributed by atoms with Gasteiger partial charge in [-0.3, -0.25) is 0 Å². The van der Waals surface area contributed by atoms with Crippen molar-refractivity contribution in [1.82, 2.24) is 0 Å². The molecule has 1 aromatic rings. The topological polar surface area (TPSA) is 29.4 Å². The molecule has 0 unspecified atom stereocenters. The Balaban J connectivity index is 3.23. The first-order valence-corrected chi connectivity index (χ1v) is 7.43. The van der Waals surface area contributed by atoms with Gasteiger partial charge in [-0.05, 0) is 62.4 Å². The zero-order chi connectivity index (χ0) is 14.1. The molecule has 1 atom stereocenters. The van der Waals surface area contributed by atoms with Crippen molar-refractivity contribution in [3.63, 3.8) is 0 Å². The van der Waals surface area contributed by atoms with E-state index in [-0.39, 0.29) is 11.3 Å². The molecule has 0 aliphatic rings. The molecular formula is C12H14F2INOS. The van der Waals surface area contributed by atoms with E-state index in [1.54, 1.807) is 20.8 Å². The zero-order valence-electron chi connectivity index (χ0n) is 10.6. The van der Waals surface area contributed by atoms with Crippen LogP contribution in [-0.4, -0.2) is 14.7 Å². The van der Waals surface area contributed by atoms with Gasteiger partial charge in [0, 0.05) is 9.13 Å². The van der Waals surface area contributed by atoms with E-state index in [4.69, 9.17) is 0 Å². The van der Waals surface area contributed by atoms with Crippen LogP contribution < -0.4 is 0 Å². The lowest BCUT2D eigenvalue weighted by atomic mass is 10.1. The van der Waals surface area contributed by atoms with Crippen LogP contribution in [0.4, 0.5) is 8.78 Å². The highest BCUT2D eigenvalue weighted by atomic mass is 127. The summed E-state index contributed by atoms with van der Waals surface area (Å²) in [6.45, 7) is 6.83. The first-order chi connectivity index (χ1) is 8.12. The first-order valence-electron chi connectivity index (χ1n) is 5.25. The lowest BCUT2D eigenvalue weighted by molar-refractivity contribution is 0.506. The quantitative estimate of drug-likeness (QED) is 0.432. The molecule has 1 aromatic carbocycles. The molecule has 0 spiro atoms. The fourth-order valence-electron chi connectivity index (χ4n) is 1.13. The minimum Gasteiger partial charge on any atom is -0.234 e. The van der Waals surface area contributed by atoms with Crippen molar-refractivity contribution in [3.05, 3.63) is 32.9 Å². The Bertz CT molecular complexity index is 524. The Labute approximate surface area is 122 Å². The molecule has 0 saturated heterocycles. The molecule has 0 aromatic heterocycles. The van der Waals surface area contributed by atoms with Crippen molar-refractivity contribution in [3.8, 4) is 0 Å². The Kier molecular flexibility index (Phi) is 4.99. The van der Waals surface area contributed by atoms with Gasteiger partial charge in [0.1, 0.15) is 11.0 Å². The van der Waals surface area contributed by atoms with E-state index in [0.717, 1.165) is 6.07 Å². The number of benzene rings is 1. The van der Waals surface area contributed by atoms with E-state index in [2.05, 4.69) is 4.40 Å². The highest BCUT2D eigenvalue weighted by Gasteiger charge is 2.20. The highest BCUT2D eigenvalue weighted by Crippen LogP contribution is 2.19. The van der Waals surface area contributed by atoms with E-state index in [9.17, 15) is 13.0 Å². The van der Waals surface area contributed by atoms with E-state index in [1.165, 1.54) is 13.0 Å². The summed E-state index contributed by atoms with van der Waals surface area (Å²) in [5.74, 6) is -1.88. The average molecular weight is 385 g/mol. The molecule has 0 fully saturated rings. The van der Waals surface area contributed by atoms with Crippen molar-refractivity contribution < 1.29 is 13.0 Å². The molecule has 0 amide bonds. The summed E-state index contributed by atoms with van der Waals surface area (Å²) in [6.07, 6.45) is 0. The maximum Gasteiger partial charge on any atom is 0.167 e. The van der Waals surface area contributed by atoms with Gasteiger partial charge in [0.05, 0.1) is 10.5 Å². The second kappa shape index (κ2) is 5.73. The van der Waals surface area contributed by atoms with Crippen molar-refractivity contribution in [2.24, 2.45) is 4.40 Å². The summed E-state index contributed by atoms with van der Waals surface area (Å²) in [6, 6.07) is 2.59. The summed E-state index contributed by atoms with van der Waals surface area (Å²) >= 11 is 1.89. The van der Waals surface area contributed by atoms with Gasteiger partial charge in [0.2, 0.25) is 0 Å². The molecule has 100 valence electrons. The zero-order valence-corrected chi connectivity index (χ0v) is 13.5. The monoisotopic (exact) mass is 385 g/mol. The highest BCUT2D eigenvalue weighted by molar-refractivity contribution is 14.1. The van der Waals surface area contributed by atoms with Crippen LogP contribution in [0, 0.1) is 15.2 Å². The third kappa shape index (κ3) is 3.81. The van der Waals surface area contributed by atoms with Crippen LogP contribution in [0.1, 0.15) is 33.3 Å². The van der Waals surface area contributed by atoms with Crippen LogP contribution in [0.15, 0.2) is 16.5 Å². The number of nitrogens with zero attached hydrogens (tertiary/aromatic N) is 1. The van der Waals surface area contributed by atoms with Crippen LogP contribution in [0.3, 0.4) is 0 Å². The van der Waals surface area contributed by atoms with Crippen LogP contribution in [-0.2, 0) is 11.0 Å². The third-order valence-electron chi connectivity index (χ3n) is 2.13. The molecule has 2 nitrogen and oxygen atoms in total. The largest absolute Gasteiger partial charge is 0.234 e. The summed E-state index contributed by atoms with van der Waals surface area (Å²) in [4.78, 5) is 0. The molecule has 0 saturated carbocycles. The van der Waals surface area contributed by atoms with Crippen molar-refractivity contribution in [2.45, 2.75) is 32.4 Å². The predicted molar refractivity (Wildman–Crippen MR) is 79.2 cm³/mol. The van der Waals surface area contributed by atoms with E-state index >= 15 is 0 Å². The standard InChI is InChI=1S/C12H14F2INOS/c1-7(16-18(17)12(2,3)4)9-5-8(15)6-10(13)11(9)14/h5-6H,1-4H3/b16-7+/t18-/m1/s1. The van der Waals surface area contributed by atoms with Gasteiger partial charge < -0.3 is 0 Å². The van der Waals surface area contributed by atoms with Crippen LogP contribution >= 0.6 is 22.6 Å². The average Bonchev–Trinajstić information content (AvgIpc) is 2.21. The summed E-state index contributed by atoms with van der Waals surface area (Å²) in [7, 11) is -1.49. The molecule has 18 heavy (non-hydrogen) atoms. The lowest BCUT2D eigenvalue weighted by Crippen LogP contribution is -2.21. The van der Waals surface area contributed by atoms with Gasteiger partial charge in [-0.2, -0.15) is 4.40 Å². The smallest absolute Gasteiger partial charge is 0.167 e. The van der Waals surface area contributed by atoms with Crippen LogP contribution in [0.2, 0.25) is 0 Å². The van der Waals surface area contributed by atoms with Gasteiger partial charge in [-0.1, -0.05) is 0 Å². The Hall–Kier alpha value is -0.370. The summed E-state index contributed by atoms with van der Waals surface area (Å²) < 4.78 is 42.7. The summed E-state index contributed by atoms with van der Waals surface area (Å²) in [5, 5.41) is 0. The molecular weight excluding hydrogens is 371 g/mol. The molecule has 0 heterocycles. The fraction of sp³-hybridized carbons (Fsp3) is 0.417.